The molecule has 0 fully saturated rings. The van der Waals surface area contributed by atoms with Crippen LogP contribution in [0.25, 0.3) is 10.6 Å². The summed E-state index contributed by atoms with van der Waals surface area (Å²) in [5, 5.41) is 12.3. The van der Waals surface area contributed by atoms with Gasteiger partial charge >= 0.3 is 0 Å². The highest BCUT2D eigenvalue weighted by Crippen LogP contribution is 2.27. The number of carbonyl (C=O) groups excluding carboxylic acids is 1. The maximum absolute atomic E-state index is 12.3. The van der Waals surface area contributed by atoms with Crippen molar-refractivity contribution >= 4 is 22.4 Å². The second-order valence-electron chi connectivity index (χ2n) is 5.05. The summed E-state index contributed by atoms with van der Waals surface area (Å²) in [7, 11) is 0. The SMILES string of the molecule is Cc1cccc(-c2nnc(NC(=O)c3ccccc3C)s2)c1. The molecule has 0 aliphatic heterocycles. The van der Waals surface area contributed by atoms with Gasteiger partial charge < -0.3 is 0 Å². The Morgan fingerprint density at radius 2 is 1.86 bits per heavy atom. The summed E-state index contributed by atoms with van der Waals surface area (Å²) in [6.07, 6.45) is 0. The van der Waals surface area contributed by atoms with Crippen molar-refractivity contribution in [3.63, 3.8) is 0 Å². The van der Waals surface area contributed by atoms with E-state index in [1.54, 1.807) is 6.07 Å². The van der Waals surface area contributed by atoms with Crippen molar-refractivity contribution in [3.05, 3.63) is 65.2 Å². The van der Waals surface area contributed by atoms with E-state index < -0.39 is 0 Å². The third-order valence-corrected chi connectivity index (χ3v) is 4.19. The maximum Gasteiger partial charge on any atom is 0.257 e. The highest BCUT2D eigenvalue weighted by Gasteiger charge is 2.12. The second-order valence-corrected chi connectivity index (χ2v) is 6.03. The first-order chi connectivity index (χ1) is 10.6. The molecule has 0 bridgehead atoms. The number of rotatable bonds is 3. The minimum atomic E-state index is -0.162. The monoisotopic (exact) mass is 309 g/mol. The molecule has 22 heavy (non-hydrogen) atoms. The Kier molecular flexibility index (Phi) is 3.98. The third-order valence-electron chi connectivity index (χ3n) is 3.30. The average Bonchev–Trinajstić information content (AvgIpc) is 2.96. The summed E-state index contributed by atoms with van der Waals surface area (Å²) in [5.41, 5.74) is 3.75. The van der Waals surface area contributed by atoms with E-state index in [1.165, 1.54) is 11.3 Å². The number of carbonyl (C=O) groups is 1. The summed E-state index contributed by atoms with van der Waals surface area (Å²) in [5.74, 6) is -0.162. The van der Waals surface area contributed by atoms with Gasteiger partial charge in [0.1, 0.15) is 5.01 Å². The molecule has 0 atom stereocenters. The van der Waals surface area contributed by atoms with Gasteiger partial charge in [-0.1, -0.05) is 53.3 Å². The average molecular weight is 309 g/mol. The van der Waals surface area contributed by atoms with E-state index in [9.17, 15) is 4.79 Å². The molecule has 1 heterocycles. The lowest BCUT2D eigenvalue weighted by Crippen LogP contribution is -2.12. The molecule has 0 aliphatic carbocycles. The molecule has 0 saturated carbocycles. The number of aromatic nitrogens is 2. The van der Waals surface area contributed by atoms with Crippen molar-refractivity contribution in [2.24, 2.45) is 0 Å². The molecule has 0 saturated heterocycles. The van der Waals surface area contributed by atoms with E-state index in [0.29, 0.717) is 10.7 Å². The van der Waals surface area contributed by atoms with E-state index >= 15 is 0 Å². The molecule has 2 aromatic carbocycles. The molecule has 4 nitrogen and oxygen atoms in total. The zero-order valence-corrected chi connectivity index (χ0v) is 13.1. The van der Waals surface area contributed by atoms with Gasteiger partial charge in [0, 0.05) is 11.1 Å². The Morgan fingerprint density at radius 3 is 2.64 bits per heavy atom. The minimum Gasteiger partial charge on any atom is -0.296 e. The van der Waals surface area contributed by atoms with Crippen LogP contribution in [0.2, 0.25) is 0 Å². The quantitative estimate of drug-likeness (QED) is 0.793. The molecule has 0 unspecified atom stereocenters. The van der Waals surface area contributed by atoms with Crippen molar-refractivity contribution in [1.82, 2.24) is 10.2 Å². The van der Waals surface area contributed by atoms with Gasteiger partial charge in [-0.25, -0.2) is 0 Å². The number of nitrogens with one attached hydrogen (secondary N) is 1. The summed E-state index contributed by atoms with van der Waals surface area (Å²) in [6, 6.07) is 15.5. The maximum atomic E-state index is 12.3. The zero-order valence-electron chi connectivity index (χ0n) is 12.3. The fourth-order valence-corrected chi connectivity index (χ4v) is 2.90. The van der Waals surface area contributed by atoms with Crippen LogP contribution in [0.3, 0.4) is 0 Å². The smallest absolute Gasteiger partial charge is 0.257 e. The van der Waals surface area contributed by atoms with Crippen LogP contribution in [0.4, 0.5) is 5.13 Å². The van der Waals surface area contributed by atoms with Crippen LogP contribution in [-0.2, 0) is 0 Å². The number of aryl methyl sites for hydroxylation is 2. The Hall–Kier alpha value is -2.53. The van der Waals surface area contributed by atoms with Crippen LogP contribution < -0.4 is 5.32 Å². The van der Waals surface area contributed by atoms with Crippen LogP contribution in [0.5, 0.6) is 0 Å². The minimum absolute atomic E-state index is 0.162. The number of hydrogen-bond donors (Lipinski definition) is 1. The zero-order chi connectivity index (χ0) is 15.5. The fraction of sp³-hybridized carbons (Fsp3) is 0.118. The van der Waals surface area contributed by atoms with Gasteiger partial charge in [-0.05, 0) is 31.5 Å². The third kappa shape index (κ3) is 3.04. The predicted octanol–water partition coefficient (Wildman–Crippen LogP) is 4.07. The topological polar surface area (TPSA) is 54.9 Å². The van der Waals surface area contributed by atoms with Gasteiger partial charge in [0.15, 0.2) is 0 Å². The Balaban J connectivity index is 1.80. The number of hydrogen-bond acceptors (Lipinski definition) is 4. The Bertz CT molecular complexity index is 826. The summed E-state index contributed by atoms with van der Waals surface area (Å²) >= 11 is 1.37. The first-order valence-electron chi connectivity index (χ1n) is 6.91. The molecule has 110 valence electrons. The molecule has 3 aromatic rings. The van der Waals surface area contributed by atoms with E-state index in [4.69, 9.17) is 0 Å². The van der Waals surface area contributed by atoms with E-state index in [0.717, 1.165) is 21.7 Å². The molecule has 3 rings (SSSR count). The molecular weight excluding hydrogens is 294 g/mol. The van der Waals surface area contributed by atoms with E-state index in [1.807, 2.05) is 56.3 Å². The first-order valence-corrected chi connectivity index (χ1v) is 7.72. The molecule has 5 heteroatoms. The van der Waals surface area contributed by atoms with Crippen LogP contribution in [0.1, 0.15) is 21.5 Å². The van der Waals surface area contributed by atoms with Gasteiger partial charge in [0.25, 0.3) is 5.91 Å². The number of nitrogens with zero attached hydrogens (tertiary/aromatic N) is 2. The van der Waals surface area contributed by atoms with E-state index in [2.05, 4.69) is 15.5 Å². The Labute approximate surface area is 132 Å². The number of benzene rings is 2. The van der Waals surface area contributed by atoms with Gasteiger partial charge in [0.2, 0.25) is 5.13 Å². The van der Waals surface area contributed by atoms with Crippen LogP contribution in [0.15, 0.2) is 48.5 Å². The van der Waals surface area contributed by atoms with Crippen LogP contribution in [0, 0.1) is 13.8 Å². The molecule has 0 radical (unpaired) electrons. The van der Waals surface area contributed by atoms with E-state index in [-0.39, 0.29) is 5.91 Å². The number of amides is 1. The molecule has 0 aliphatic rings. The standard InChI is InChI=1S/C17H15N3OS/c1-11-6-5-8-13(10-11)16-19-20-17(22-16)18-15(21)14-9-4-3-7-12(14)2/h3-10H,1-2H3,(H,18,20,21). The van der Waals surface area contributed by atoms with Gasteiger partial charge in [0.05, 0.1) is 0 Å². The molecule has 0 spiro atoms. The Morgan fingerprint density at radius 1 is 1.05 bits per heavy atom. The molecular formula is C17H15N3OS. The lowest BCUT2D eigenvalue weighted by atomic mass is 10.1. The van der Waals surface area contributed by atoms with Crippen molar-refractivity contribution in [2.75, 3.05) is 5.32 Å². The lowest BCUT2D eigenvalue weighted by Gasteiger charge is -2.03. The van der Waals surface area contributed by atoms with Gasteiger partial charge in [-0.3, -0.25) is 10.1 Å². The molecule has 1 aromatic heterocycles. The highest BCUT2D eigenvalue weighted by atomic mass is 32.1. The van der Waals surface area contributed by atoms with Gasteiger partial charge in [-0.2, -0.15) is 0 Å². The normalized spacial score (nSPS) is 10.5. The van der Waals surface area contributed by atoms with Crippen LogP contribution in [-0.4, -0.2) is 16.1 Å². The molecule has 1 amide bonds. The predicted molar refractivity (Wildman–Crippen MR) is 89.2 cm³/mol. The van der Waals surface area contributed by atoms with Gasteiger partial charge in [-0.15, -0.1) is 10.2 Å². The van der Waals surface area contributed by atoms with Crippen molar-refractivity contribution < 1.29 is 4.79 Å². The highest BCUT2D eigenvalue weighted by molar-refractivity contribution is 7.18. The fourth-order valence-electron chi connectivity index (χ4n) is 2.16. The van der Waals surface area contributed by atoms with Crippen molar-refractivity contribution in [2.45, 2.75) is 13.8 Å². The molecule has 1 N–H and O–H groups in total. The summed E-state index contributed by atoms with van der Waals surface area (Å²) in [6.45, 7) is 3.94. The van der Waals surface area contributed by atoms with Crippen molar-refractivity contribution in [1.29, 1.82) is 0 Å². The second kappa shape index (κ2) is 6.07. The largest absolute Gasteiger partial charge is 0.296 e. The number of anilines is 1. The van der Waals surface area contributed by atoms with Crippen molar-refractivity contribution in [3.8, 4) is 10.6 Å². The summed E-state index contributed by atoms with van der Waals surface area (Å²) < 4.78 is 0. The van der Waals surface area contributed by atoms with Crippen LogP contribution >= 0.6 is 11.3 Å². The first kappa shape index (κ1) is 14.4. The lowest BCUT2D eigenvalue weighted by molar-refractivity contribution is 0.102. The summed E-state index contributed by atoms with van der Waals surface area (Å²) in [4.78, 5) is 12.3.